The SMILES string of the molecule is Cc1nc(C2CCCC(C)(C)CCC2)cs1. The molecule has 0 aliphatic heterocycles. The van der Waals surface area contributed by atoms with Crippen LogP contribution in [-0.4, -0.2) is 4.98 Å². The monoisotopic (exact) mass is 237 g/mol. The van der Waals surface area contributed by atoms with E-state index in [0.29, 0.717) is 5.41 Å². The summed E-state index contributed by atoms with van der Waals surface area (Å²) < 4.78 is 0. The smallest absolute Gasteiger partial charge is 0.0897 e. The molecule has 2 rings (SSSR count). The number of hydrogen-bond acceptors (Lipinski definition) is 2. The van der Waals surface area contributed by atoms with E-state index in [4.69, 9.17) is 0 Å². The molecule has 0 saturated heterocycles. The molecule has 2 heteroatoms. The summed E-state index contributed by atoms with van der Waals surface area (Å²) in [6.45, 7) is 6.95. The molecule has 0 atom stereocenters. The van der Waals surface area contributed by atoms with Gasteiger partial charge in [0, 0.05) is 11.3 Å². The van der Waals surface area contributed by atoms with Crippen molar-refractivity contribution in [1.82, 2.24) is 4.98 Å². The molecule has 0 amide bonds. The highest BCUT2D eigenvalue weighted by molar-refractivity contribution is 7.09. The molecule has 1 saturated carbocycles. The Morgan fingerprint density at radius 1 is 1.25 bits per heavy atom. The molecule has 16 heavy (non-hydrogen) atoms. The lowest BCUT2D eigenvalue weighted by Gasteiger charge is -2.29. The first kappa shape index (κ1) is 12.1. The minimum absolute atomic E-state index is 0.572. The molecule has 0 N–H and O–H groups in total. The fourth-order valence-corrected chi connectivity index (χ4v) is 3.48. The summed E-state index contributed by atoms with van der Waals surface area (Å²) in [5.74, 6) is 0.737. The van der Waals surface area contributed by atoms with E-state index in [2.05, 4.69) is 31.1 Å². The van der Waals surface area contributed by atoms with E-state index in [-0.39, 0.29) is 0 Å². The Balaban J connectivity index is 1.98. The second-order valence-electron chi connectivity index (χ2n) is 5.94. The van der Waals surface area contributed by atoms with Gasteiger partial charge in [-0.3, -0.25) is 0 Å². The van der Waals surface area contributed by atoms with Crippen molar-refractivity contribution < 1.29 is 0 Å². The van der Waals surface area contributed by atoms with Gasteiger partial charge in [-0.15, -0.1) is 11.3 Å². The second kappa shape index (κ2) is 4.87. The average molecular weight is 237 g/mol. The van der Waals surface area contributed by atoms with Gasteiger partial charge in [0.2, 0.25) is 0 Å². The third-order valence-electron chi connectivity index (χ3n) is 3.87. The van der Waals surface area contributed by atoms with Crippen molar-refractivity contribution in [3.8, 4) is 0 Å². The lowest BCUT2D eigenvalue weighted by Crippen LogP contribution is -2.15. The van der Waals surface area contributed by atoms with E-state index in [1.54, 1.807) is 11.3 Å². The summed E-state index contributed by atoms with van der Waals surface area (Å²) in [5.41, 5.74) is 1.94. The maximum atomic E-state index is 4.66. The van der Waals surface area contributed by atoms with Gasteiger partial charge in [0.1, 0.15) is 0 Å². The van der Waals surface area contributed by atoms with Crippen molar-refractivity contribution >= 4 is 11.3 Å². The van der Waals surface area contributed by atoms with E-state index >= 15 is 0 Å². The normalized spacial score (nSPS) is 22.7. The molecule has 1 nitrogen and oxygen atoms in total. The zero-order valence-corrected chi connectivity index (χ0v) is 11.6. The second-order valence-corrected chi connectivity index (χ2v) is 7.00. The van der Waals surface area contributed by atoms with Crippen molar-refractivity contribution in [1.29, 1.82) is 0 Å². The summed E-state index contributed by atoms with van der Waals surface area (Å²) in [6, 6.07) is 0. The van der Waals surface area contributed by atoms with E-state index < -0.39 is 0 Å². The Morgan fingerprint density at radius 3 is 2.38 bits per heavy atom. The van der Waals surface area contributed by atoms with Crippen LogP contribution in [0.15, 0.2) is 5.38 Å². The highest BCUT2D eigenvalue weighted by Crippen LogP contribution is 2.38. The van der Waals surface area contributed by atoms with E-state index in [1.807, 2.05) is 0 Å². The lowest BCUT2D eigenvalue weighted by molar-refractivity contribution is 0.255. The van der Waals surface area contributed by atoms with Crippen LogP contribution in [0, 0.1) is 12.3 Å². The fraction of sp³-hybridized carbons (Fsp3) is 0.786. The maximum Gasteiger partial charge on any atom is 0.0897 e. The molecule has 1 heterocycles. The summed E-state index contributed by atoms with van der Waals surface area (Å²) >= 11 is 1.80. The molecule has 0 bridgehead atoms. The van der Waals surface area contributed by atoms with E-state index in [0.717, 1.165) is 5.92 Å². The molecule has 0 radical (unpaired) electrons. The summed E-state index contributed by atoms with van der Waals surface area (Å²) in [5, 5.41) is 3.49. The highest BCUT2D eigenvalue weighted by atomic mass is 32.1. The summed E-state index contributed by atoms with van der Waals surface area (Å²) in [4.78, 5) is 4.66. The van der Waals surface area contributed by atoms with Crippen LogP contribution in [0.1, 0.15) is 69.0 Å². The van der Waals surface area contributed by atoms with Crippen LogP contribution in [0.4, 0.5) is 0 Å². The standard InChI is InChI=1S/C14H23NS/c1-11-15-13(10-16-11)12-6-4-8-14(2,3)9-5-7-12/h10,12H,4-9H2,1-3H3. The van der Waals surface area contributed by atoms with E-state index in [9.17, 15) is 0 Å². The van der Waals surface area contributed by atoms with Crippen LogP contribution in [0.5, 0.6) is 0 Å². The predicted molar refractivity (Wildman–Crippen MR) is 71.1 cm³/mol. The number of aromatic nitrogens is 1. The molecule has 1 aliphatic carbocycles. The van der Waals surface area contributed by atoms with Gasteiger partial charge in [-0.2, -0.15) is 0 Å². The van der Waals surface area contributed by atoms with Gasteiger partial charge >= 0.3 is 0 Å². The van der Waals surface area contributed by atoms with Crippen molar-refractivity contribution in [3.05, 3.63) is 16.1 Å². The van der Waals surface area contributed by atoms with Crippen LogP contribution < -0.4 is 0 Å². The van der Waals surface area contributed by atoms with Crippen LogP contribution in [0.2, 0.25) is 0 Å². The molecular weight excluding hydrogens is 214 g/mol. The van der Waals surface area contributed by atoms with E-state index in [1.165, 1.54) is 49.2 Å². The Hall–Kier alpha value is -0.370. The Kier molecular flexibility index (Phi) is 3.68. The summed E-state index contributed by atoms with van der Waals surface area (Å²) in [6.07, 6.45) is 8.18. The molecule has 1 fully saturated rings. The van der Waals surface area contributed by atoms with Gasteiger partial charge in [-0.05, 0) is 38.0 Å². The molecular formula is C14H23NS. The maximum absolute atomic E-state index is 4.66. The first-order valence-electron chi connectivity index (χ1n) is 6.49. The first-order valence-corrected chi connectivity index (χ1v) is 7.37. The summed E-state index contributed by atoms with van der Waals surface area (Å²) in [7, 11) is 0. The largest absolute Gasteiger partial charge is 0.246 e. The molecule has 1 aliphatic rings. The van der Waals surface area contributed by atoms with Crippen molar-refractivity contribution in [2.24, 2.45) is 5.41 Å². The van der Waals surface area contributed by atoms with Gasteiger partial charge in [0.15, 0.2) is 0 Å². The highest BCUT2D eigenvalue weighted by Gasteiger charge is 2.23. The van der Waals surface area contributed by atoms with Crippen molar-refractivity contribution in [2.45, 2.75) is 65.2 Å². The van der Waals surface area contributed by atoms with Gasteiger partial charge in [-0.1, -0.05) is 26.7 Å². The number of aryl methyl sites for hydroxylation is 1. The zero-order chi connectivity index (χ0) is 11.6. The van der Waals surface area contributed by atoms with Crippen LogP contribution in [0.25, 0.3) is 0 Å². The van der Waals surface area contributed by atoms with Gasteiger partial charge < -0.3 is 0 Å². The lowest BCUT2D eigenvalue weighted by atomic mass is 9.77. The number of nitrogens with zero attached hydrogens (tertiary/aromatic N) is 1. The Bertz CT molecular complexity index is 328. The van der Waals surface area contributed by atoms with Gasteiger partial charge in [0.25, 0.3) is 0 Å². The number of rotatable bonds is 1. The molecule has 0 spiro atoms. The molecule has 0 aromatic carbocycles. The number of hydrogen-bond donors (Lipinski definition) is 0. The topological polar surface area (TPSA) is 12.9 Å². The molecule has 90 valence electrons. The third-order valence-corrected chi connectivity index (χ3v) is 4.66. The van der Waals surface area contributed by atoms with Crippen molar-refractivity contribution in [2.75, 3.05) is 0 Å². The quantitative estimate of drug-likeness (QED) is 0.676. The Labute approximate surface area is 103 Å². The predicted octanol–water partition coefficient (Wildman–Crippen LogP) is 4.92. The molecule has 1 aromatic rings. The van der Waals surface area contributed by atoms with Gasteiger partial charge in [0.05, 0.1) is 10.7 Å². The first-order chi connectivity index (χ1) is 7.57. The fourth-order valence-electron chi connectivity index (χ4n) is 2.79. The Morgan fingerprint density at radius 2 is 1.88 bits per heavy atom. The van der Waals surface area contributed by atoms with Crippen LogP contribution in [0.3, 0.4) is 0 Å². The third kappa shape index (κ3) is 3.07. The molecule has 1 aromatic heterocycles. The number of thiazole rings is 1. The average Bonchev–Trinajstić information content (AvgIpc) is 2.59. The van der Waals surface area contributed by atoms with Crippen LogP contribution in [-0.2, 0) is 0 Å². The van der Waals surface area contributed by atoms with Crippen LogP contribution >= 0.6 is 11.3 Å². The molecule has 0 unspecified atom stereocenters. The minimum atomic E-state index is 0.572. The zero-order valence-electron chi connectivity index (χ0n) is 10.8. The van der Waals surface area contributed by atoms with Crippen molar-refractivity contribution in [3.63, 3.8) is 0 Å². The minimum Gasteiger partial charge on any atom is -0.246 e. The van der Waals surface area contributed by atoms with Gasteiger partial charge in [-0.25, -0.2) is 4.98 Å².